The fraction of sp³-hybridized carbons (Fsp3) is 0.643. The molecule has 5 heteroatoms. The van der Waals surface area contributed by atoms with Gasteiger partial charge in [-0.05, 0) is 18.1 Å². The second-order valence-electron chi connectivity index (χ2n) is 4.74. The van der Waals surface area contributed by atoms with Crippen LogP contribution in [-0.4, -0.2) is 33.6 Å². The van der Waals surface area contributed by atoms with Crippen molar-refractivity contribution in [2.24, 2.45) is 5.73 Å². The lowest BCUT2D eigenvalue weighted by Crippen LogP contribution is -2.34. The van der Waals surface area contributed by atoms with E-state index in [0.29, 0.717) is 10.5 Å². The lowest BCUT2D eigenvalue weighted by molar-refractivity contribution is 0.315. The summed E-state index contributed by atoms with van der Waals surface area (Å²) in [5, 5.41) is 1.05. The van der Waals surface area contributed by atoms with E-state index in [0.717, 1.165) is 24.3 Å². The zero-order valence-corrected chi connectivity index (χ0v) is 13.2. The van der Waals surface area contributed by atoms with E-state index < -0.39 is 0 Å². The first-order chi connectivity index (χ1) is 9.22. The average Bonchev–Trinajstić information content (AvgIpc) is 2.45. The lowest BCUT2D eigenvalue weighted by atomic mass is 10.0. The highest BCUT2D eigenvalue weighted by Crippen LogP contribution is 2.37. The lowest BCUT2D eigenvalue weighted by Gasteiger charge is -2.32. The van der Waals surface area contributed by atoms with Gasteiger partial charge in [0.05, 0.1) is 12.8 Å². The number of hydrogen-bond acceptors (Lipinski definition) is 5. The molecule has 0 saturated carbocycles. The van der Waals surface area contributed by atoms with Crippen LogP contribution < -0.4 is 10.5 Å². The molecular formula is C14H22N2OS2. The van der Waals surface area contributed by atoms with E-state index in [2.05, 4.69) is 18.8 Å². The predicted octanol–water partition coefficient (Wildman–Crippen LogP) is 3.11. The van der Waals surface area contributed by atoms with E-state index in [1.54, 1.807) is 6.20 Å². The quantitative estimate of drug-likeness (QED) is 0.905. The number of hydrogen-bond donors (Lipinski definition) is 1. The van der Waals surface area contributed by atoms with Crippen LogP contribution in [-0.2, 0) is 0 Å². The molecule has 3 nitrogen and oxygen atoms in total. The fourth-order valence-corrected chi connectivity index (χ4v) is 5.03. The molecule has 1 saturated heterocycles. The molecule has 1 aromatic rings. The van der Waals surface area contributed by atoms with Crippen molar-refractivity contribution in [1.82, 2.24) is 4.98 Å². The Kier molecular flexibility index (Phi) is 5.85. The zero-order chi connectivity index (χ0) is 13.7. The molecule has 0 spiro atoms. The largest absolute Gasteiger partial charge is 0.492 e. The first-order valence-electron chi connectivity index (χ1n) is 6.79. The summed E-state index contributed by atoms with van der Waals surface area (Å²) in [4.78, 5) is 4.26. The molecule has 1 aliphatic heterocycles. The third-order valence-electron chi connectivity index (χ3n) is 3.18. The van der Waals surface area contributed by atoms with Crippen LogP contribution in [0.3, 0.4) is 0 Å². The Labute approximate surface area is 124 Å². The van der Waals surface area contributed by atoms with Crippen molar-refractivity contribution in [2.75, 3.05) is 18.1 Å². The number of aromatic nitrogens is 1. The van der Waals surface area contributed by atoms with Gasteiger partial charge in [0.25, 0.3) is 0 Å². The van der Waals surface area contributed by atoms with Gasteiger partial charge in [0.1, 0.15) is 5.75 Å². The van der Waals surface area contributed by atoms with Crippen LogP contribution in [0.4, 0.5) is 0 Å². The summed E-state index contributed by atoms with van der Waals surface area (Å²) >= 11 is 4.00. The van der Waals surface area contributed by atoms with Gasteiger partial charge < -0.3 is 10.5 Å². The van der Waals surface area contributed by atoms with Gasteiger partial charge in [-0.2, -0.15) is 23.5 Å². The van der Waals surface area contributed by atoms with Crippen LogP contribution in [0.25, 0.3) is 0 Å². The number of ether oxygens (including phenoxy) is 1. The summed E-state index contributed by atoms with van der Waals surface area (Å²) in [6, 6.07) is 2.07. The van der Waals surface area contributed by atoms with Crippen molar-refractivity contribution in [3.63, 3.8) is 0 Å². The maximum absolute atomic E-state index is 6.43. The monoisotopic (exact) mass is 298 g/mol. The molecule has 0 radical (unpaired) electrons. The third kappa shape index (κ3) is 4.04. The normalized spacial score (nSPS) is 25.0. The van der Waals surface area contributed by atoms with Crippen LogP contribution in [0.15, 0.2) is 18.5 Å². The van der Waals surface area contributed by atoms with E-state index in [-0.39, 0.29) is 6.04 Å². The maximum Gasteiger partial charge on any atom is 0.137 e. The summed E-state index contributed by atoms with van der Waals surface area (Å²) in [6.45, 7) is 5.09. The van der Waals surface area contributed by atoms with E-state index >= 15 is 0 Å². The van der Waals surface area contributed by atoms with Crippen LogP contribution >= 0.6 is 23.5 Å². The Hall–Kier alpha value is -0.390. The minimum absolute atomic E-state index is 0.0328. The summed E-state index contributed by atoms with van der Waals surface area (Å²) < 4.78 is 5.63. The molecule has 106 valence electrons. The van der Waals surface area contributed by atoms with Crippen molar-refractivity contribution in [2.45, 2.75) is 36.8 Å². The summed E-state index contributed by atoms with van der Waals surface area (Å²) in [7, 11) is 0. The average molecular weight is 298 g/mol. The van der Waals surface area contributed by atoms with E-state index in [4.69, 9.17) is 10.5 Å². The van der Waals surface area contributed by atoms with Crippen LogP contribution in [0.2, 0.25) is 0 Å². The van der Waals surface area contributed by atoms with Gasteiger partial charge in [-0.3, -0.25) is 4.98 Å². The number of thioether (sulfide) groups is 2. The first kappa shape index (κ1) is 15.0. The summed E-state index contributed by atoms with van der Waals surface area (Å²) in [5.41, 5.74) is 7.51. The van der Waals surface area contributed by atoms with Crippen molar-refractivity contribution in [1.29, 1.82) is 0 Å². The minimum Gasteiger partial charge on any atom is -0.492 e. The molecule has 1 aliphatic rings. The van der Waals surface area contributed by atoms with E-state index in [1.165, 1.54) is 11.5 Å². The molecule has 2 heterocycles. The molecule has 0 aromatic carbocycles. The Morgan fingerprint density at radius 3 is 2.95 bits per heavy atom. The van der Waals surface area contributed by atoms with Gasteiger partial charge in [0.2, 0.25) is 0 Å². The second kappa shape index (κ2) is 7.41. The van der Waals surface area contributed by atoms with Gasteiger partial charge >= 0.3 is 0 Å². The second-order valence-corrected chi connectivity index (χ2v) is 7.51. The highest BCUT2D eigenvalue weighted by Gasteiger charge is 2.29. The molecule has 19 heavy (non-hydrogen) atoms. The first-order valence-corrected chi connectivity index (χ1v) is 8.88. The molecule has 1 fully saturated rings. The van der Waals surface area contributed by atoms with Crippen molar-refractivity contribution in [3.8, 4) is 5.75 Å². The Balaban J connectivity index is 2.07. The van der Waals surface area contributed by atoms with Crippen LogP contribution in [0.5, 0.6) is 5.75 Å². The summed E-state index contributed by atoms with van der Waals surface area (Å²) in [6.07, 6.45) is 4.64. The Morgan fingerprint density at radius 1 is 1.42 bits per heavy atom. The highest BCUT2D eigenvalue weighted by molar-refractivity contribution is 8.07. The standard InChI is InChI=1S/C14H22N2OS2/c1-3-4-17-12-7-11(8-16-9-12)13(15)14-10(2)18-5-6-19-14/h7-10,13-14H,3-6,15H2,1-2H3. The Bertz CT molecular complexity index is 403. The molecular weight excluding hydrogens is 276 g/mol. The van der Waals surface area contributed by atoms with Gasteiger partial charge in [-0.25, -0.2) is 0 Å². The van der Waals surface area contributed by atoms with Gasteiger partial charge in [0.15, 0.2) is 0 Å². The third-order valence-corrected chi connectivity index (χ3v) is 6.40. The summed E-state index contributed by atoms with van der Waals surface area (Å²) in [5.74, 6) is 3.25. The van der Waals surface area contributed by atoms with Crippen molar-refractivity contribution < 1.29 is 4.74 Å². The number of nitrogens with two attached hydrogens (primary N) is 1. The Morgan fingerprint density at radius 2 is 2.21 bits per heavy atom. The molecule has 0 aliphatic carbocycles. The molecule has 1 aromatic heterocycles. The van der Waals surface area contributed by atoms with Crippen LogP contribution in [0, 0.1) is 0 Å². The number of nitrogens with zero attached hydrogens (tertiary/aromatic N) is 1. The van der Waals surface area contributed by atoms with Crippen LogP contribution in [0.1, 0.15) is 31.9 Å². The van der Waals surface area contributed by atoms with Gasteiger partial charge in [-0.1, -0.05) is 13.8 Å². The van der Waals surface area contributed by atoms with E-state index in [1.807, 2.05) is 35.8 Å². The zero-order valence-electron chi connectivity index (χ0n) is 11.5. The van der Waals surface area contributed by atoms with E-state index in [9.17, 15) is 0 Å². The molecule has 0 bridgehead atoms. The maximum atomic E-state index is 6.43. The van der Waals surface area contributed by atoms with Crippen molar-refractivity contribution in [3.05, 3.63) is 24.0 Å². The fourth-order valence-electron chi connectivity index (χ4n) is 2.15. The predicted molar refractivity (Wildman–Crippen MR) is 85.1 cm³/mol. The number of rotatable bonds is 5. The van der Waals surface area contributed by atoms with Gasteiger partial charge in [0, 0.05) is 34.2 Å². The van der Waals surface area contributed by atoms with Gasteiger partial charge in [-0.15, -0.1) is 0 Å². The van der Waals surface area contributed by atoms with Crippen molar-refractivity contribution >= 4 is 23.5 Å². The minimum atomic E-state index is 0.0328. The molecule has 3 atom stereocenters. The molecule has 0 amide bonds. The smallest absolute Gasteiger partial charge is 0.137 e. The topological polar surface area (TPSA) is 48.1 Å². The SMILES string of the molecule is CCCOc1cncc(C(N)C2SCCSC2C)c1. The molecule has 3 unspecified atom stereocenters. The molecule has 2 rings (SSSR count). The highest BCUT2D eigenvalue weighted by atomic mass is 32.2. The number of pyridine rings is 1. The molecule has 2 N–H and O–H groups in total.